The normalized spacial score (nSPS) is 11.8. The van der Waals surface area contributed by atoms with Gasteiger partial charge in [-0.2, -0.15) is 0 Å². The zero-order valence-corrected chi connectivity index (χ0v) is 15.6. The van der Waals surface area contributed by atoms with Crippen LogP contribution in [0.5, 0.6) is 11.5 Å². The third kappa shape index (κ3) is 4.57. The molecule has 0 unspecified atom stereocenters. The summed E-state index contributed by atoms with van der Waals surface area (Å²) in [5.74, 6) is 1.06. The third-order valence-corrected chi connectivity index (χ3v) is 4.44. The van der Waals surface area contributed by atoms with Gasteiger partial charge in [0.05, 0.1) is 0 Å². The molecule has 138 valence electrons. The van der Waals surface area contributed by atoms with E-state index >= 15 is 0 Å². The van der Waals surface area contributed by atoms with Crippen molar-refractivity contribution < 1.29 is 9.84 Å². The van der Waals surface area contributed by atoms with Gasteiger partial charge in [0.25, 0.3) is 0 Å². The lowest BCUT2D eigenvalue weighted by molar-refractivity contribution is 0.328. The first kappa shape index (κ1) is 18.7. The minimum atomic E-state index is 0.261. The van der Waals surface area contributed by atoms with Gasteiger partial charge in [-0.15, -0.1) is 0 Å². The number of benzene rings is 3. The molecular formula is C24H25NO2. The summed E-state index contributed by atoms with van der Waals surface area (Å²) < 4.78 is 5.61. The summed E-state index contributed by atoms with van der Waals surface area (Å²) in [6, 6.07) is 25.8. The SMILES string of the molecule is CC/C(=C(/c1ccc(OCCN)cc1)c1cccc(O)c1)c1ccccc1. The van der Waals surface area contributed by atoms with Crippen LogP contribution >= 0.6 is 0 Å². The Morgan fingerprint density at radius 3 is 2.19 bits per heavy atom. The second-order valence-corrected chi connectivity index (χ2v) is 6.28. The van der Waals surface area contributed by atoms with Crippen LogP contribution in [0.1, 0.15) is 30.0 Å². The van der Waals surface area contributed by atoms with Crippen LogP contribution in [-0.2, 0) is 0 Å². The highest BCUT2D eigenvalue weighted by Crippen LogP contribution is 2.35. The number of ether oxygens (including phenoxy) is 1. The Balaban J connectivity index is 2.14. The Labute approximate surface area is 160 Å². The van der Waals surface area contributed by atoms with Crippen LogP contribution in [0.25, 0.3) is 11.1 Å². The number of phenols is 1. The quantitative estimate of drug-likeness (QED) is 0.577. The van der Waals surface area contributed by atoms with E-state index in [1.54, 1.807) is 6.07 Å². The summed E-state index contributed by atoms with van der Waals surface area (Å²) in [7, 11) is 0. The van der Waals surface area contributed by atoms with Gasteiger partial charge in [-0.05, 0) is 58.5 Å². The molecule has 0 fully saturated rings. The molecule has 0 amide bonds. The van der Waals surface area contributed by atoms with Gasteiger partial charge in [0.1, 0.15) is 18.1 Å². The van der Waals surface area contributed by atoms with Crippen molar-refractivity contribution in [2.45, 2.75) is 13.3 Å². The Morgan fingerprint density at radius 2 is 1.56 bits per heavy atom. The molecule has 0 radical (unpaired) electrons. The van der Waals surface area contributed by atoms with Crippen molar-refractivity contribution >= 4 is 11.1 Å². The standard InChI is InChI=1S/C24H25NO2/c1-2-23(18-7-4-3-5-8-18)24(20-9-6-10-21(26)17-20)19-11-13-22(14-12-19)27-16-15-25/h3-14,17,26H,2,15-16,25H2,1H3/b24-23+. The fourth-order valence-corrected chi connectivity index (χ4v) is 3.24. The molecular weight excluding hydrogens is 334 g/mol. The number of allylic oxidation sites excluding steroid dienone is 1. The lowest BCUT2D eigenvalue weighted by Gasteiger charge is -2.17. The number of rotatable bonds is 7. The lowest BCUT2D eigenvalue weighted by atomic mass is 9.88. The average Bonchev–Trinajstić information content (AvgIpc) is 2.71. The van der Waals surface area contributed by atoms with Crippen molar-refractivity contribution in [1.82, 2.24) is 0 Å². The molecule has 0 saturated heterocycles. The van der Waals surface area contributed by atoms with Crippen LogP contribution in [0.15, 0.2) is 78.9 Å². The van der Waals surface area contributed by atoms with Gasteiger partial charge in [-0.3, -0.25) is 0 Å². The minimum absolute atomic E-state index is 0.261. The molecule has 3 aromatic rings. The maximum atomic E-state index is 10.0. The van der Waals surface area contributed by atoms with Crippen molar-refractivity contribution in [1.29, 1.82) is 0 Å². The number of phenolic OH excluding ortho intramolecular Hbond substituents is 1. The van der Waals surface area contributed by atoms with Gasteiger partial charge in [0.15, 0.2) is 0 Å². The van der Waals surface area contributed by atoms with Crippen LogP contribution < -0.4 is 10.5 Å². The van der Waals surface area contributed by atoms with Crippen LogP contribution in [0.4, 0.5) is 0 Å². The zero-order chi connectivity index (χ0) is 19.1. The molecule has 0 aromatic heterocycles. The van der Waals surface area contributed by atoms with Crippen molar-refractivity contribution in [3.05, 3.63) is 95.6 Å². The first-order chi connectivity index (χ1) is 13.2. The van der Waals surface area contributed by atoms with Crippen molar-refractivity contribution in [2.75, 3.05) is 13.2 Å². The molecule has 0 saturated carbocycles. The zero-order valence-electron chi connectivity index (χ0n) is 15.6. The fourth-order valence-electron chi connectivity index (χ4n) is 3.24. The summed E-state index contributed by atoms with van der Waals surface area (Å²) >= 11 is 0. The first-order valence-corrected chi connectivity index (χ1v) is 9.24. The van der Waals surface area contributed by atoms with Gasteiger partial charge in [0.2, 0.25) is 0 Å². The van der Waals surface area contributed by atoms with Gasteiger partial charge in [-0.25, -0.2) is 0 Å². The summed E-state index contributed by atoms with van der Waals surface area (Å²) in [4.78, 5) is 0. The maximum absolute atomic E-state index is 10.0. The predicted molar refractivity (Wildman–Crippen MR) is 112 cm³/mol. The highest BCUT2D eigenvalue weighted by Gasteiger charge is 2.13. The molecule has 0 spiro atoms. The molecule has 27 heavy (non-hydrogen) atoms. The molecule has 0 atom stereocenters. The van der Waals surface area contributed by atoms with E-state index in [9.17, 15) is 5.11 Å². The minimum Gasteiger partial charge on any atom is -0.508 e. The smallest absolute Gasteiger partial charge is 0.119 e. The predicted octanol–water partition coefficient (Wildman–Crippen LogP) is 5.10. The van der Waals surface area contributed by atoms with Crippen molar-refractivity contribution in [2.24, 2.45) is 5.73 Å². The van der Waals surface area contributed by atoms with Crippen LogP contribution in [-0.4, -0.2) is 18.3 Å². The van der Waals surface area contributed by atoms with E-state index < -0.39 is 0 Å². The Morgan fingerprint density at radius 1 is 0.852 bits per heavy atom. The Hall–Kier alpha value is -3.04. The molecule has 3 aromatic carbocycles. The molecule has 0 aliphatic heterocycles. The monoisotopic (exact) mass is 359 g/mol. The molecule has 3 heteroatoms. The molecule has 3 N–H and O–H groups in total. The molecule has 3 nitrogen and oxygen atoms in total. The molecule has 0 bridgehead atoms. The van der Waals surface area contributed by atoms with E-state index in [1.807, 2.05) is 36.4 Å². The van der Waals surface area contributed by atoms with E-state index in [4.69, 9.17) is 10.5 Å². The van der Waals surface area contributed by atoms with E-state index in [0.717, 1.165) is 28.9 Å². The molecule has 0 aliphatic carbocycles. The average molecular weight is 359 g/mol. The van der Waals surface area contributed by atoms with Gasteiger partial charge < -0.3 is 15.6 Å². The van der Waals surface area contributed by atoms with E-state index in [0.29, 0.717) is 13.2 Å². The van der Waals surface area contributed by atoms with Gasteiger partial charge in [0, 0.05) is 6.54 Å². The molecule has 0 heterocycles. The van der Waals surface area contributed by atoms with Gasteiger partial charge >= 0.3 is 0 Å². The number of aromatic hydroxyl groups is 1. The van der Waals surface area contributed by atoms with Crippen LogP contribution in [0, 0.1) is 0 Å². The lowest BCUT2D eigenvalue weighted by Crippen LogP contribution is -2.10. The summed E-state index contributed by atoms with van der Waals surface area (Å²) in [5.41, 5.74) is 11.1. The van der Waals surface area contributed by atoms with E-state index in [1.165, 1.54) is 11.1 Å². The van der Waals surface area contributed by atoms with E-state index in [2.05, 4.69) is 43.3 Å². The Kier molecular flexibility index (Phi) is 6.29. The summed E-state index contributed by atoms with van der Waals surface area (Å²) in [6.45, 7) is 3.15. The maximum Gasteiger partial charge on any atom is 0.119 e. The van der Waals surface area contributed by atoms with Crippen molar-refractivity contribution in [3.63, 3.8) is 0 Å². The highest BCUT2D eigenvalue weighted by atomic mass is 16.5. The van der Waals surface area contributed by atoms with Crippen LogP contribution in [0.2, 0.25) is 0 Å². The second-order valence-electron chi connectivity index (χ2n) is 6.28. The molecule has 0 aliphatic rings. The topological polar surface area (TPSA) is 55.5 Å². The third-order valence-electron chi connectivity index (χ3n) is 4.44. The van der Waals surface area contributed by atoms with Gasteiger partial charge in [-0.1, -0.05) is 61.5 Å². The van der Waals surface area contributed by atoms with Crippen LogP contribution in [0.3, 0.4) is 0 Å². The molecule has 3 rings (SSSR count). The fraction of sp³-hybridized carbons (Fsp3) is 0.167. The number of nitrogens with two attached hydrogens (primary N) is 1. The number of hydrogen-bond donors (Lipinski definition) is 2. The summed E-state index contributed by atoms with van der Waals surface area (Å²) in [6.07, 6.45) is 0.875. The number of hydrogen-bond acceptors (Lipinski definition) is 3. The van der Waals surface area contributed by atoms with E-state index in [-0.39, 0.29) is 5.75 Å². The van der Waals surface area contributed by atoms with Crippen molar-refractivity contribution in [3.8, 4) is 11.5 Å². The highest BCUT2D eigenvalue weighted by molar-refractivity contribution is 5.98. The summed E-state index contributed by atoms with van der Waals surface area (Å²) in [5, 5.41) is 10.0. The second kappa shape index (κ2) is 9.06. The largest absolute Gasteiger partial charge is 0.508 e. The Bertz CT molecular complexity index is 899. The first-order valence-electron chi connectivity index (χ1n) is 9.24.